The van der Waals surface area contributed by atoms with Gasteiger partial charge in [-0.15, -0.1) is 0 Å². The fraction of sp³-hybridized carbons (Fsp3) is 0.500. The third kappa shape index (κ3) is 2.75. The molecule has 1 aliphatic heterocycles. The van der Waals surface area contributed by atoms with Gasteiger partial charge in [-0.3, -0.25) is 9.69 Å². The van der Waals surface area contributed by atoms with E-state index in [1.54, 1.807) is 11.8 Å². The zero-order valence-corrected chi connectivity index (χ0v) is 12.6. The summed E-state index contributed by atoms with van der Waals surface area (Å²) in [5, 5.41) is 0.889. The van der Waals surface area contributed by atoms with Gasteiger partial charge in [-0.25, -0.2) is 4.99 Å². The average molecular weight is 288 g/mol. The minimum atomic E-state index is 0.225. The molecule has 2 atom stereocenters. The molecule has 1 amide bonds. The fourth-order valence-corrected chi connectivity index (χ4v) is 4.02. The van der Waals surface area contributed by atoms with Crippen molar-refractivity contribution in [3.8, 4) is 0 Å². The summed E-state index contributed by atoms with van der Waals surface area (Å²) in [6.07, 6.45) is 4.85. The Balaban J connectivity index is 1.87. The van der Waals surface area contributed by atoms with Gasteiger partial charge in [0.15, 0.2) is 5.17 Å². The maximum atomic E-state index is 12.2. The molecule has 2 unspecified atom stereocenters. The standard InChI is InChI=1S/C16H20N2OS/c1-12-7-5-6-10-14(12)18-15(19)11-20-16(18)17-13-8-3-2-4-9-13/h2-4,8-9,12,14H,5-7,10-11H2,1H3. The number of rotatable bonds is 2. The number of hydrogen-bond acceptors (Lipinski definition) is 3. The van der Waals surface area contributed by atoms with Gasteiger partial charge in [-0.05, 0) is 30.9 Å². The summed E-state index contributed by atoms with van der Waals surface area (Å²) in [6.45, 7) is 2.26. The largest absolute Gasteiger partial charge is 0.287 e. The molecule has 1 heterocycles. The van der Waals surface area contributed by atoms with Crippen molar-refractivity contribution in [3.05, 3.63) is 30.3 Å². The molecule has 1 aromatic carbocycles. The maximum absolute atomic E-state index is 12.2. The van der Waals surface area contributed by atoms with Crippen molar-refractivity contribution in [3.63, 3.8) is 0 Å². The van der Waals surface area contributed by atoms with E-state index in [2.05, 4.69) is 11.9 Å². The first-order chi connectivity index (χ1) is 9.75. The van der Waals surface area contributed by atoms with Crippen LogP contribution in [0.4, 0.5) is 5.69 Å². The van der Waals surface area contributed by atoms with Gasteiger partial charge >= 0.3 is 0 Å². The van der Waals surface area contributed by atoms with E-state index in [1.165, 1.54) is 19.3 Å². The van der Waals surface area contributed by atoms with Crippen LogP contribution in [0.15, 0.2) is 35.3 Å². The molecule has 1 saturated heterocycles. The molecule has 106 valence electrons. The van der Waals surface area contributed by atoms with E-state index in [0.717, 1.165) is 17.3 Å². The summed E-state index contributed by atoms with van der Waals surface area (Å²) in [6, 6.07) is 10.3. The number of nitrogens with zero attached hydrogens (tertiary/aromatic N) is 2. The highest BCUT2D eigenvalue weighted by atomic mass is 32.2. The Morgan fingerprint density at radius 1 is 1.20 bits per heavy atom. The lowest BCUT2D eigenvalue weighted by molar-refractivity contribution is -0.126. The van der Waals surface area contributed by atoms with Crippen molar-refractivity contribution in [2.45, 2.75) is 38.6 Å². The van der Waals surface area contributed by atoms with Crippen LogP contribution in [-0.2, 0) is 4.79 Å². The molecule has 0 spiro atoms. The molecule has 20 heavy (non-hydrogen) atoms. The summed E-state index contributed by atoms with van der Waals surface area (Å²) in [5.41, 5.74) is 0.929. The first-order valence-electron chi connectivity index (χ1n) is 7.34. The van der Waals surface area contributed by atoms with Gasteiger partial charge < -0.3 is 0 Å². The summed E-state index contributed by atoms with van der Waals surface area (Å²) in [7, 11) is 0. The van der Waals surface area contributed by atoms with Crippen molar-refractivity contribution in [2.24, 2.45) is 10.9 Å². The number of amides is 1. The molecule has 0 aromatic heterocycles. The number of carbonyl (C=O) groups excluding carboxylic acids is 1. The first kappa shape index (κ1) is 13.7. The molecular weight excluding hydrogens is 268 g/mol. The molecule has 1 aromatic rings. The van der Waals surface area contributed by atoms with Crippen molar-refractivity contribution < 1.29 is 4.79 Å². The molecule has 0 N–H and O–H groups in total. The minimum absolute atomic E-state index is 0.225. The number of thioether (sulfide) groups is 1. The van der Waals surface area contributed by atoms with Gasteiger partial charge in [0.05, 0.1) is 11.4 Å². The van der Waals surface area contributed by atoms with Crippen molar-refractivity contribution in [1.82, 2.24) is 4.90 Å². The highest BCUT2D eigenvalue weighted by molar-refractivity contribution is 8.15. The van der Waals surface area contributed by atoms with Crippen molar-refractivity contribution >= 4 is 28.5 Å². The second-order valence-corrected chi connectivity index (χ2v) is 6.55. The summed E-state index contributed by atoms with van der Waals surface area (Å²) >= 11 is 1.58. The molecule has 0 bridgehead atoms. The first-order valence-corrected chi connectivity index (χ1v) is 8.33. The van der Waals surface area contributed by atoms with Crippen LogP contribution < -0.4 is 0 Å². The molecule has 1 saturated carbocycles. The molecule has 3 nitrogen and oxygen atoms in total. The van der Waals surface area contributed by atoms with E-state index in [-0.39, 0.29) is 5.91 Å². The SMILES string of the molecule is CC1CCCCC1N1C(=O)CSC1=Nc1ccccc1. The molecule has 2 fully saturated rings. The van der Waals surface area contributed by atoms with Crippen LogP contribution in [0.5, 0.6) is 0 Å². The van der Waals surface area contributed by atoms with Gasteiger partial charge in [0.2, 0.25) is 5.91 Å². The van der Waals surface area contributed by atoms with Crippen LogP contribution in [0.3, 0.4) is 0 Å². The van der Waals surface area contributed by atoms with Gasteiger partial charge in [0.1, 0.15) is 0 Å². The Morgan fingerprint density at radius 3 is 2.70 bits per heavy atom. The smallest absolute Gasteiger partial charge is 0.239 e. The summed E-state index contributed by atoms with van der Waals surface area (Å²) < 4.78 is 0. The van der Waals surface area contributed by atoms with E-state index in [9.17, 15) is 4.79 Å². The zero-order valence-electron chi connectivity index (χ0n) is 11.8. The van der Waals surface area contributed by atoms with E-state index in [0.29, 0.717) is 17.7 Å². The predicted molar refractivity (Wildman–Crippen MR) is 84.3 cm³/mol. The average Bonchev–Trinajstić information content (AvgIpc) is 2.82. The van der Waals surface area contributed by atoms with E-state index in [1.807, 2.05) is 35.2 Å². The monoisotopic (exact) mass is 288 g/mol. The van der Waals surface area contributed by atoms with Gasteiger partial charge in [-0.1, -0.05) is 49.7 Å². The lowest BCUT2D eigenvalue weighted by Crippen LogP contribution is -2.44. The Hall–Kier alpha value is -1.29. The van der Waals surface area contributed by atoms with Crippen LogP contribution in [0.1, 0.15) is 32.6 Å². The number of hydrogen-bond donors (Lipinski definition) is 0. The van der Waals surface area contributed by atoms with E-state index < -0.39 is 0 Å². The number of carbonyl (C=O) groups is 1. The van der Waals surface area contributed by atoms with E-state index in [4.69, 9.17) is 0 Å². The fourth-order valence-electron chi connectivity index (χ4n) is 3.08. The number of para-hydroxylation sites is 1. The van der Waals surface area contributed by atoms with Crippen LogP contribution in [0.25, 0.3) is 0 Å². The third-order valence-electron chi connectivity index (χ3n) is 4.18. The van der Waals surface area contributed by atoms with Crippen LogP contribution in [0, 0.1) is 5.92 Å². The number of aliphatic imine (C=N–C) groups is 1. The van der Waals surface area contributed by atoms with E-state index >= 15 is 0 Å². The second kappa shape index (κ2) is 6.00. The van der Waals surface area contributed by atoms with Crippen LogP contribution in [0.2, 0.25) is 0 Å². The molecule has 4 heteroatoms. The van der Waals surface area contributed by atoms with Crippen LogP contribution in [-0.4, -0.2) is 27.8 Å². The zero-order chi connectivity index (χ0) is 13.9. The predicted octanol–water partition coefficient (Wildman–Crippen LogP) is 3.83. The van der Waals surface area contributed by atoms with Crippen molar-refractivity contribution in [2.75, 3.05) is 5.75 Å². The molecule has 0 radical (unpaired) electrons. The maximum Gasteiger partial charge on any atom is 0.239 e. The molecule has 1 aliphatic carbocycles. The number of benzene rings is 1. The Bertz CT molecular complexity index is 514. The third-order valence-corrected chi connectivity index (χ3v) is 5.12. The van der Waals surface area contributed by atoms with Gasteiger partial charge in [-0.2, -0.15) is 0 Å². The van der Waals surface area contributed by atoms with Gasteiger partial charge in [0, 0.05) is 6.04 Å². The second-order valence-electron chi connectivity index (χ2n) is 5.61. The summed E-state index contributed by atoms with van der Waals surface area (Å²) in [5.74, 6) is 1.34. The Morgan fingerprint density at radius 2 is 1.95 bits per heavy atom. The van der Waals surface area contributed by atoms with Gasteiger partial charge in [0.25, 0.3) is 0 Å². The minimum Gasteiger partial charge on any atom is -0.287 e. The highest BCUT2D eigenvalue weighted by Gasteiger charge is 2.37. The number of amidine groups is 1. The quantitative estimate of drug-likeness (QED) is 0.828. The molecule has 3 rings (SSSR count). The Labute approximate surface area is 124 Å². The highest BCUT2D eigenvalue weighted by Crippen LogP contribution is 2.34. The molecular formula is C16H20N2OS. The lowest BCUT2D eigenvalue weighted by atomic mass is 9.85. The molecule has 2 aliphatic rings. The Kier molecular flexibility index (Phi) is 4.10. The summed E-state index contributed by atoms with van der Waals surface area (Å²) in [4.78, 5) is 18.9. The van der Waals surface area contributed by atoms with Crippen molar-refractivity contribution in [1.29, 1.82) is 0 Å². The van der Waals surface area contributed by atoms with Crippen LogP contribution >= 0.6 is 11.8 Å². The normalized spacial score (nSPS) is 29.1. The topological polar surface area (TPSA) is 32.7 Å². The lowest BCUT2D eigenvalue weighted by Gasteiger charge is -2.35.